The number of rotatable bonds is 4. The number of ether oxygens (including phenoxy) is 1. The van der Waals surface area contributed by atoms with E-state index < -0.39 is 0 Å². The minimum Gasteiger partial charge on any atom is -0.368 e. The first-order chi connectivity index (χ1) is 8.28. The van der Waals surface area contributed by atoms with Crippen molar-refractivity contribution in [2.24, 2.45) is 0 Å². The topological polar surface area (TPSA) is 21.3 Å². The van der Waals surface area contributed by atoms with Gasteiger partial charge in [-0.15, -0.1) is 11.3 Å². The Kier molecular flexibility index (Phi) is 3.86. The zero-order valence-electron chi connectivity index (χ0n) is 12.1. The second-order valence-corrected chi connectivity index (χ2v) is 7.61. The SMILES string of the molecule is CC(Cc1cccs1)NC1CC(C)(C)OC1(C)C. The van der Waals surface area contributed by atoms with Crippen LogP contribution in [0.15, 0.2) is 17.5 Å². The molecule has 0 aliphatic carbocycles. The van der Waals surface area contributed by atoms with E-state index in [0.717, 1.165) is 12.8 Å². The predicted molar refractivity (Wildman–Crippen MR) is 78.3 cm³/mol. The summed E-state index contributed by atoms with van der Waals surface area (Å²) < 4.78 is 6.12. The van der Waals surface area contributed by atoms with Crippen LogP contribution < -0.4 is 5.32 Å². The Morgan fingerprint density at radius 3 is 2.67 bits per heavy atom. The second kappa shape index (κ2) is 4.95. The summed E-state index contributed by atoms with van der Waals surface area (Å²) in [5, 5.41) is 5.89. The van der Waals surface area contributed by atoms with Crippen molar-refractivity contribution >= 4 is 11.3 Å². The Morgan fingerprint density at radius 2 is 2.17 bits per heavy atom. The molecule has 2 nitrogen and oxygen atoms in total. The lowest BCUT2D eigenvalue weighted by Crippen LogP contribution is -2.47. The van der Waals surface area contributed by atoms with Crippen molar-refractivity contribution in [3.63, 3.8) is 0 Å². The summed E-state index contributed by atoms with van der Waals surface area (Å²) in [6.45, 7) is 11.0. The van der Waals surface area contributed by atoms with E-state index in [9.17, 15) is 0 Å². The minimum atomic E-state index is -0.0762. The zero-order valence-corrected chi connectivity index (χ0v) is 12.9. The van der Waals surface area contributed by atoms with E-state index in [1.54, 1.807) is 0 Å². The summed E-state index contributed by atoms with van der Waals surface area (Å²) in [6, 6.07) is 5.26. The zero-order chi connectivity index (χ0) is 13.4. The molecule has 0 amide bonds. The molecule has 2 heterocycles. The number of nitrogens with one attached hydrogen (secondary N) is 1. The van der Waals surface area contributed by atoms with Gasteiger partial charge in [-0.05, 0) is 58.9 Å². The van der Waals surface area contributed by atoms with E-state index in [-0.39, 0.29) is 11.2 Å². The second-order valence-electron chi connectivity index (χ2n) is 6.57. The quantitative estimate of drug-likeness (QED) is 0.899. The Bertz CT molecular complexity index is 383. The third-order valence-electron chi connectivity index (χ3n) is 3.65. The molecule has 0 radical (unpaired) electrons. The van der Waals surface area contributed by atoms with Gasteiger partial charge in [0.2, 0.25) is 0 Å². The largest absolute Gasteiger partial charge is 0.368 e. The van der Waals surface area contributed by atoms with Crippen molar-refractivity contribution in [1.29, 1.82) is 0 Å². The Hall–Kier alpha value is -0.380. The van der Waals surface area contributed by atoms with Crippen LogP contribution in [-0.4, -0.2) is 23.3 Å². The van der Waals surface area contributed by atoms with Crippen LogP contribution in [0, 0.1) is 0 Å². The molecule has 18 heavy (non-hydrogen) atoms. The molecule has 1 aliphatic heterocycles. The van der Waals surface area contributed by atoms with Gasteiger partial charge in [-0.2, -0.15) is 0 Å². The average molecular weight is 267 g/mol. The van der Waals surface area contributed by atoms with Crippen LogP contribution in [-0.2, 0) is 11.2 Å². The Balaban J connectivity index is 1.93. The van der Waals surface area contributed by atoms with E-state index in [1.807, 2.05) is 11.3 Å². The van der Waals surface area contributed by atoms with Gasteiger partial charge in [0.15, 0.2) is 0 Å². The normalized spacial score (nSPS) is 27.3. The molecule has 1 aliphatic rings. The molecule has 3 heteroatoms. The summed E-state index contributed by atoms with van der Waals surface area (Å²) in [4.78, 5) is 1.45. The Labute approximate surface area is 115 Å². The van der Waals surface area contributed by atoms with Crippen LogP contribution in [0.1, 0.15) is 45.9 Å². The van der Waals surface area contributed by atoms with Crippen molar-refractivity contribution < 1.29 is 4.74 Å². The minimum absolute atomic E-state index is 0.0101. The molecule has 2 unspecified atom stereocenters. The highest BCUT2D eigenvalue weighted by Gasteiger charge is 2.45. The molecule has 1 N–H and O–H groups in total. The summed E-state index contributed by atoms with van der Waals surface area (Å²) in [5.74, 6) is 0. The molecule has 1 aromatic heterocycles. The molecule has 1 fully saturated rings. The molecular formula is C15H25NOS. The van der Waals surface area contributed by atoms with Gasteiger partial charge >= 0.3 is 0 Å². The molecule has 0 spiro atoms. The monoisotopic (exact) mass is 267 g/mol. The van der Waals surface area contributed by atoms with E-state index in [2.05, 4.69) is 57.4 Å². The highest BCUT2D eigenvalue weighted by atomic mass is 32.1. The van der Waals surface area contributed by atoms with Crippen molar-refractivity contribution in [1.82, 2.24) is 5.32 Å². The van der Waals surface area contributed by atoms with Gasteiger partial charge in [0, 0.05) is 17.0 Å². The molecule has 0 aromatic carbocycles. The maximum absolute atomic E-state index is 6.12. The van der Waals surface area contributed by atoms with Gasteiger partial charge < -0.3 is 10.1 Å². The standard InChI is InChI=1S/C15H25NOS/c1-11(9-12-7-6-8-18-12)16-13-10-14(2,3)17-15(13,4)5/h6-8,11,13,16H,9-10H2,1-5H3. The van der Waals surface area contributed by atoms with Gasteiger partial charge in [-0.1, -0.05) is 6.07 Å². The van der Waals surface area contributed by atoms with Crippen molar-refractivity contribution in [3.05, 3.63) is 22.4 Å². The van der Waals surface area contributed by atoms with E-state index in [1.165, 1.54) is 4.88 Å². The number of hydrogen-bond donors (Lipinski definition) is 1. The van der Waals surface area contributed by atoms with E-state index in [4.69, 9.17) is 4.74 Å². The maximum Gasteiger partial charge on any atom is 0.0787 e. The van der Waals surface area contributed by atoms with Crippen LogP contribution in [0.4, 0.5) is 0 Å². The molecule has 1 aromatic rings. The smallest absolute Gasteiger partial charge is 0.0787 e. The fourth-order valence-electron chi connectivity index (χ4n) is 2.95. The van der Waals surface area contributed by atoms with Crippen LogP contribution >= 0.6 is 11.3 Å². The van der Waals surface area contributed by atoms with E-state index in [0.29, 0.717) is 12.1 Å². The summed E-state index contributed by atoms with van der Waals surface area (Å²) in [7, 11) is 0. The van der Waals surface area contributed by atoms with Crippen LogP contribution in [0.3, 0.4) is 0 Å². The van der Waals surface area contributed by atoms with Gasteiger partial charge in [-0.3, -0.25) is 0 Å². The van der Waals surface area contributed by atoms with Crippen LogP contribution in [0.25, 0.3) is 0 Å². The van der Waals surface area contributed by atoms with Crippen molar-refractivity contribution in [2.75, 3.05) is 0 Å². The Morgan fingerprint density at radius 1 is 1.44 bits per heavy atom. The molecule has 0 bridgehead atoms. The fraction of sp³-hybridized carbons (Fsp3) is 0.733. The third kappa shape index (κ3) is 3.34. The predicted octanol–water partition coefficient (Wildman–Crippen LogP) is 3.61. The number of hydrogen-bond acceptors (Lipinski definition) is 3. The first kappa shape index (κ1) is 14.0. The lowest BCUT2D eigenvalue weighted by Gasteiger charge is -2.30. The highest BCUT2D eigenvalue weighted by molar-refractivity contribution is 7.09. The lowest BCUT2D eigenvalue weighted by atomic mass is 9.93. The molecule has 2 rings (SSSR count). The molecule has 0 saturated carbocycles. The van der Waals surface area contributed by atoms with Crippen LogP contribution in [0.2, 0.25) is 0 Å². The molecule has 1 saturated heterocycles. The van der Waals surface area contributed by atoms with Gasteiger partial charge in [0.25, 0.3) is 0 Å². The van der Waals surface area contributed by atoms with Gasteiger partial charge in [-0.25, -0.2) is 0 Å². The van der Waals surface area contributed by atoms with Crippen molar-refractivity contribution in [3.8, 4) is 0 Å². The van der Waals surface area contributed by atoms with Gasteiger partial charge in [0.05, 0.1) is 11.2 Å². The molecule has 102 valence electrons. The lowest BCUT2D eigenvalue weighted by molar-refractivity contribution is -0.0703. The fourth-order valence-corrected chi connectivity index (χ4v) is 3.79. The third-order valence-corrected chi connectivity index (χ3v) is 4.55. The van der Waals surface area contributed by atoms with Crippen molar-refractivity contribution in [2.45, 2.75) is 70.7 Å². The first-order valence-corrected chi connectivity index (χ1v) is 7.65. The maximum atomic E-state index is 6.12. The van der Waals surface area contributed by atoms with Crippen LogP contribution in [0.5, 0.6) is 0 Å². The molecular weight excluding hydrogens is 242 g/mol. The number of thiophene rings is 1. The average Bonchev–Trinajstić information content (AvgIpc) is 2.72. The first-order valence-electron chi connectivity index (χ1n) is 6.77. The summed E-state index contributed by atoms with van der Waals surface area (Å²) in [6.07, 6.45) is 2.18. The molecule has 2 atom stereocenters. The summed E-state index contributed by atoms with van der Waals surface area (Å²) >= 11 is 1.84. The summed E-state index contributed by atoms with van der Waals surface area (Å²) in [5.41, 5.74) is -0.0863. The van der Waals surface area contributed by atoms with E-state index >= 15 is 0 Å². The van der Waals surface area contributed by atoms with Gasteiger partial charge in [0.1, 0.15) is 0 Å². The highest BCUT2D eigenvalue weighted by Crippen LogP contribution is 2.37.